The van der Waals surface area contributed by atoms with Gasteiger partial charge in [-0.05, 0) is 29.2 Å². The zero-order chi connectivity index (χ0) is 24.9. The van der Waals surface area contributed by atoms with Crippen LogP contribution in [0.25, 0.3) is 11.1 Å². The lowest BCUT2D eigenvalue weighted by molar-refractivity contribution is -0.194. The molecule has 1 aliphatic rings. The fourth-order valence-corrected chi connectivity index (χ4v) is 3.67. The first-order chi connectivity index (χ1) is 16.0. The number of carbonyl (C=O) groups excluding carboxylic acids is 2. The van der Waals surface area contributed by atoms with E-state index in [0.29, 0.717) is 6.92 Å². The second kappa shape index (κ2) is 10.1. The van der Waals surface area contributed by atoms with Gasteiger partial charge in [0.1, 0.15) is 13.2 Å². The average molecular weight is 480 g/mol. The Kier molecular flexibility index (Phi) is 7.45. The third-order valence-corrected chi connectivity index (χ3v) is 5.47. The summed E-state index contributed by atoms with van der Waals surface area (Å²) in [6.45, 7) is -1.08. The van der Waals surface area contributed by atoms with E-state index >= 15 is 0 Å². The molecule has 0 aliphatic heterocycles. The van der Waals surface area contributed by atoms with Gasteiger partial charge >= 0.3 is 18.2 Å². The van der Waals surface area contributed by atoms with Gasteiger partial charge in [-0.2, -0.15) is 13.2 Å². The summed E-state index contributed by atoms with van der Waals surface area (Å²) in [7, 11) is 0. The van der Waals surface area contributed by atoms with Gasteiger partial charge in [-0.15, -0.1) is 0 Å². The summed E-state index contributed by atoms with van der Waals surface area (Å²) < 4.78 is 50.9. The van der Waals surface area contributed by atoms with Gasteiger partial charge < -0.3 is 19.9 Å². The van der Waals surface area contributed by atoms with Crippen LogP contribution in [0, 0.1) is 0 Å². The minimum Gasteiger partial charge on any atom is -0.480 e. The summed E-state index contributed by atoms with van der Waals surface area (Å²) in [5.74, 6) is -3.16. The summed E-state index contributed by atoms with van der Waals surface area (Å²) in [5, 5.41) is 12.1. The zero-order valence-corrected chi connectivity index (χ0v) is 18.1. The van der Waals surface area contributed by atoms with Crippen LogP contribution in [0.5, 0.6) is 0 Å². The summed E-state index contributed by atoms with van der Waals surface area (Å²) in [6.07, 6.45) is -6.54. The standard InChI is InChI=1S/C23H23F3N2O6/c1-22(23(24,25)26,20(31)27-10-11-33-13-19(29)30)28-21(32)34-12-18-16-8-4-2-6-14(16)15-7-3-5-9-17(15)18/h2-9,18H,10-13H2,1H3,(H,27,31)(H,28,32)(H,29,30). The Morgan fingerprint density at radius 1 is 1.00 bits per heavy atom. The Balaban J connectivity index is 1.64. The first-order valence-electron chi connectivity index (χ1n) is 10.3. The molecule has 1 unspecified atom stereocenters. The van der Waals surface area contributed by atoms with Crippen molar-refractivity contribution in [3.63, 3.8) is 0 Å². The molecular weight excluding hydrogens is 457 g/mol. The van der Waals surface area contributed by atoms with E-state index in [4.69, 9.17) is 9.84 Å². The Morgan fingerprint density at radius 2 is 1.56 bits per heavy atom. The number of aliphatic carboxylic acids is 1. The van der Waals surface area contributed by atoms with Crippen LogP contribution in [-0.4, -0.2) is 61.2 Å². The lowest BCUT2D eigenvalue weighted by Crippen LogP contribution is -2.65. The Morgan fingerprint density at radius 3 is 2.09 bits per heavy atom. The molecule has 182 valence electrons. The highest BCUT2D eigenvalue weighted by atomic mass is 19.4. The van der Waals surface area contributed by atoms with Crippen molar-refractivity contribution in [2.24, 2.45) is 0 Å². The first kappa shape index (κ1) is 25.0. The van der Waals surface area contributed by atoms with Gasteiger partial charge in [0, 0.05) is 12.5 Å². The van der Waals surface area contributed by atoms with E-state index in [-0.39, 0.29) is 25.7 Å². The molecule has 3 rings (SSSR count). The van der Waals surface area contributed by atoms with Gasteiger partial charge in [0.05, 0.1) is 6.61 Å². The Hall–Kier alpha value is -3.60. The number of rotatable bonds is 9. The molecule has 0 saturated heterocycles. The largest absolute Gasteiger partial charge is 0.480 e. The highest BCUT2D eigenvalue weighted by Crippen LogP contribution is 2.44. The van der Waals surface area contributed by atoms with Crippen LogP contribution in [0.3, 0.4) is 0 Å². The summed E-state index contributed by atoms with van der Waals surface area (Å²) in [5.41, 5.74) is 0.402. The molecule has 2 aromatic rings. The molecule has 0 heterocycles. The van der Waals surface area contributed by atoms with Crippen LogP contribution >= 0.6 is 0 Å². The molecule has 11 heteroatoms. The number of halogens is 3. The number of alkyl carbamates (subject to hydrolysis) is 1. The van der Waals surface area contributed by atoms with Crippen molar-refractivity contribution >= 4 is 18.0 Å². The van der Waals surface area contributed by atoms with Crippen molar-refractivity contribution in [1.29, 1.82) is 0 Å². The number of alkyl halides is 3. The number of amides is 2. The molecular formula is C23H23F3N2O6. The molecule has 0 radical (unpaired) electrons. The summed E-state index contributed by atoms with van der Waals surface area (Å²) in [6, 6.07) is 14.9. The number of fused-ring (bicyclic) bond motifs is 3. The first-order valence-corrected chi connectivity index (χ1v) is 10.3. The number of hydrogen-bond donors (Lipinski definition) is 3. The number of carbonyl (C=O) groups is 3. The van der Waals surface area contributed by atoms with Crippen molar-refractivity contribution in [2.45, 2.75) is 24.6 Å². The predicted octanol–water partition coefficient (Wildman–Crippen LogP) is 3.06. The number of benzene rings is 2. The van der Waals surface area contributed by atoms with E-state index in [2.05, 4.69) is 4.74 Å². The van der Waals surface area contributed by atoms with Crippen LogP contribution in [0.4, 0.5) is 18.0 Å². The van der Waals surface area contributed by atoms with Crippen molar-refractivity contribution in [3.05, 3.63) is 59.7 Å². The number of nitrogens with one attached hydrogen (secondary N) is 2. The van der Waals surface area contributed by atoms with Gasteiger partial charge in [0.15, 0.2) is 0 Å². The predicted molar refractivity (Wildman–Crippen MR) is 114 cm³/mol. The van der Waals surface area contributed by atoms with E-state index in [1.807, 2.05) is 53.8 Å². The SMILES string of the molecule is CC(NC(=O)OCC1c2ccccc2-c2ccccc21)(C(=O)NCCOCC(=O)O)C(F)(F)F. The van der Waals surface area contributed by atoms with E-state index < -0.39 is 36.3 Å². The van der Waals surface area contributed by atoms with Crippen LogP contribution < -0.4 is 10.6 Å². The average Bonchev–Trinajstić information content (AvgIpc) is 3.10. The zero-order valence-electron chi connectivity index (χ0n) is 18.1. The molecule has 3 N–H and O–H groups in total. The van der Waals surface area contributed by atoms with E-state index in [9.17, 15) is 27.6 Å². The van der Waals surface area contributed by atoms with Crippen molar-refractivity contribution in [3.8, 4) is 11.1 Å². The molecule has 1 atom stereocenters. The Labute approximate surface area is 193 Å². The number of carboxylic acid groups (broad SMARTS) is 1. The minimum atomic E-state index is -5.13. The van der Waals surface area contributed by atoms with Crippen molar-refractivity contribution in [2.75, 3.05) is 26.4 Å². The summed E-state index contributed by atoms with van der Waals surface area (Å²) >= 11 is 0. The Bertz CT molecular complexity index is 1030. The van der Waals surface area contributed by atoms with Gasteiger partial charge in [-0.3, -0.25) is 10.1 Å². The fourth-order valence-electron chi connectivity index (χ4n) is 3.67. The third kappa shape index (κ3) is 5.30. The van der Waals surface area contributed by atoms with Gasteiger partial charge in [0.25, 0.3) is 5.91 Å². The molecule has 0 saturated carbocycles. The highest BCUT2D eigenvalue weighted by Gasteiger charge is 2.58. The second-order valence-corrected chi connectivity index (χ2v) is 7.78. The highest BCUT2D eigenvalue weighted by molar-refractivity contribution is 5.90. The maximum Gasteiger partial charge on any atom is 0.420 e. The van der Waals surface area contributed by atoms with Crippen molar-refractivity contribution < 1.29 is 42.1 Å². The molecule has 0 aromatic heterocycles. The molecule has 2 amide bonds. The molecule has 1 aliphatic carbocycles. The third-order valence-electron chi connectivity index (χ3n) is 5.47. The van der Waals surface area contributed by atoms with Crippen LogP contribution in [0.2, 0.25) is 0 Å². The van der Waals surface area contributed by atoms with Crippen LogP contribution in [-0.2, 0) is 19.1 Å². The lowest BCUT2D eigenvalue weighted by Gasteiger charge is -2.31. The van der Waals surface area contributed by atoms with Crippen molar-refractivity contribution in [1.82, 2.24) is 10.6 Å². The van der Waals surface area contributed by atoms with Gasteiger partial charge in [-0.1, -0.05) is 48.5 Å². The number of carboxylic acids is 1. The van der Waals surface area contributed by atoms with Crippen LogP contribution in [0.1, 0.15) is 24.0 Å². The maximum atomic E-state index is 13.7. The monoisotopic (exact) mass is 480 g/mol. The second-order valence-electron chi connectivity index (χ2n) is 7.78. The minimum absolute atomic E-state index is 0.224. The fraction of sp³-hybridized carbons (Fsp3) is 0.348. The topological polar surface area (TPSA) is 114 Å². The lowest BCUT2D eigenvalue weighted by atomic mass is 9.98. The molecule has 8 nitrogen and oxygen atoms in total. The van der Waals surface area contributed by atoms with E-state index in [1.165, 1.54) is 0 Å². The normalized spacial score (nSPS) is 14.5. The van der Waals surface area contributed by atoms with Gasteiger partial charge in [0.2, 0.25) is 5.54 Å². The number of ether oxygens (including phenoxy) is 2. The molecule has 0 fully saturated rings. The molecule has 0 bridgehead atoms. The van der Waals surface area contributed by atoms with E-state index in [1.54, 1.807) is 5.32 Å². The summed E-state index contributed by atoms with van der Waals surface area (Å²) in [4.78, 5) is 35.0. The molecule has 2 aromatic carbocycles. The van der Waals surface area contributed by atoms with E-state index in [0.717, 1.165) is 22.3 Å². The maximum absolute atomic E-state index is 13.7. The smallest absolute Gasteiger partial charge is 0.420 e. The van der Waals surface area contributed by atoms with Crippen LogP contribution in [0.15, 0.2) is 48.5 Å². The quantitative estimate of drug-likeness (QED) is 0.476. The number of hydrogen-bond acceptors (Lipinski definition) is 5. The molecule has 34 heavy (non-hydrogen) atoms. The molecule has 0 spiro atoms. The van der Waals surface area contributed by atoms with Gasteiger partial charge in [-0.25, -0.2) is 9.59 Å².